The van der Waals surface area contributed by atoms with E-state index in [-0.39, 0.29) is 11.7 Å². The van der Waals surface area contributed by atoms with Crippen molar-refractivity contribution in [2.75, 3.05) is 19.5 Å². The molecule has 7 heteroatoms. The summed E-state index contributed by atoms with van der Waals surface area (Å²) in [6.45, 7) is 6.18. The van der Waals surface area contributed by atoms with Crippen LogP contribution in [0, 0.1) is 19.7 Å². The fraction of sp³-hybridized carbons (Fsp3) is 0.310. The third-order valence-electron chi connectivity index (χ3n) is 6.48. The highest BCUT2D eigenvalue weighted by Crippen LogP contribution is 2.32. The third-order valence-corrected chi connectivity index (χ3v) is 6.48. The molecule has 4 rings (SSSR count). The van der Waals surface area contributed by atoms with E-state index >= 15 is 0 Å². The van der Waals surface area contributed by atoms with E-state index < -0.39 is 6.04 Å². The Balaban J connectivity index is 1.77. The van der Waals surface area contributed by atoms with E-state index in [0.717, 1.165) is 40.0 Å². The highest BCUT2D eigenvalue weighted by molar-refractivity contribution is 5.95. The van der Waals surface area contributed by atoms with Crippen LogP contribution in [0.4, 0.5) is 10.1 Å². The number of rotatable bonds is 9. The number of carbonyl (C=O) groups excluding carboxylic acids is 1. The number of hydrogen-bond donors (Lipinski definition) is 1. The van der Waals surface area contributed by atoms with Crippen LogP contribution in [0.1, 0.15) is 48.3 Å². The number of ether oxygens (including phenoxy) is 2. The zero-order chi connectivity index (χ0) is 25.8. The maximum absolute atomic E-state index is 13.7. The average Bonchev–Trinajstić information content (AvgIpc) is 3.19. The van der Waals surface area contributed by atoms with Crippen molar-refractivity contribution >= 4 is 22.6 Å². The Morgan fingerprint density at radius 1 is 1.00 bits per heavy atom. The number of aryl methyl sites for hydroxylation is 2. The van der Waals surface area contributed by atoms with Gasteiger partial charge in [0.05, 0.1) is 25.3 Å². The van der Waals surface area contributed by atoms with E-state index in [2.05, 4.69) is 38.2 Å². The number of anilines is 1. The van der Waals surface area contributed by atoms with Crippen LogP contribution < -0.4 is 14.8 Å². The first-order chi connectivity index (χ1) is 17.3. The Labute approximate surface area is 211 Å². The molecule has 1 heterocycles. The van der Waals surface area contributed by atoms with Gasteiger partial charge < -0.3 is 19.4 Å². The topological polar surface area (TPSA) is 65.4 Å². The van der Waals surface area contributed by atoms with Gasteiger partial charge in [-0.3, -0.25) is 4.79 Å². The molecule has 0 saturated heterocycles. The molecule has 1 N–H and O–H groups in total. The quantitative estimate of drug-likeness (QED) is 0.296. The first kappa shape index (κ1) is 25.2. The number of nitrogens with zero attached hydrogens (tertiary/aromatic N) is 2. The maximum atomic E-state index is 13.7. The van der Waals surface area contributed by atoms with Crippen molar-refractivity contribution in [1.29, 1.82) is 0 Å². The Hall–Kier alpha value is -3.87. The second-order valence-electron chi connectivity index (χ2n) is 8.99. The molecule has 3 aromatic carbocycles. The van der Waals surface area contributed by atoms with Gasteiger partial charge in [0.25, 0.3) is 0 Å². The molecule has 4 aromatic rings. The Morgan fingerprint density at radius 2 is 1.69 bits per heavy atom. The number of hydrogen-bond acceptors (Lipinski definition) is 4. The van der Waals surface area contributed by atoms with Crippen LogP contribution in [0.15, 0.2) is 54.6 Å². The molecule has 0 fully saturated rings. The highest BCUT2D eigenvalue weighted by atomic mass is 19.1. The van der Waals surface area contributed by atoms with Gasteiger partial charge in [-0.15, -0.1) is 0 Å². The van der Waals surface area contributed by atoms with Crippen LogP contribution in [0.5, 0.6) is 11.5 Å². The molecule has 36 heavy (non-hydrogen) atoms. The van der Waals surface area contributed by atoms with Gasteiger partial charge in [0, 0.05) is 18.2 Å². The van der Waals surface area contributed by atoms with Crippen LogP contribution in [0.2, 0.25) is 0 Å². The number of aromatic nitrogens is 2. The number of carbonyl (C=O) groups is 1. The van der Waals surface area contributed by atoms with Gasteiger partial charge in [-0.05, 0) is 73.4 Å². The molecule has 1 atom stereocenters. The minimum absolute atomic E-state index is 0.137. The molecular weight excluding hydrogens is 457 g/mol. The Bertz CT molecular complexity index is 1380. The van der Waals surface area contributed by atoms with Crippen LogP contribution in [0.25, 0.3) is 11.0 Å². The molecule has 0 aliphatic carbocycles. The van der Waals surface area contributed by atoms with Gasteiger partial charge in [0.2, 0.25) is 5.91 Å². The van der Waals surface area contributed by atoms with E-state index in [1.807, 2.05) is 4.57 Å². The zero-order valence-corrected chi connectivity index (χ0v) is 21.4. The summed E-state index contributed by atoms with van der Waals surface area (Å²) in [5.74, 6) is 1.48. The van der Waals surface area contributed by atoms with Crippen LogP contribution in [-0.2, 0) is 11.2 Å². The number of fused-ring (bicyclic) bond motifs is 1. The molecule has 0 spiro atoms. The lowest BCUT2D eigenvalue weighted by Gasteiger charge is -2.22. The molecule has 0 bridgehead atoms. The second-order valence-corrected chi connectivity index (χ2v) is 8.99. The number of imidazole rings is 1. The van der Waals surface area contributed by atoms with E-state index in [1.165, 1.54) is 12.1 Å². The molecule has 6 nitrogen and oxygen atoms in total. The van der Waals surface area contributed by atoms with E-state index in [1.54, 1.807) is 44.6 Å². The predicted molar refractivity (Wildman–Crippen MR) is 141 cm³/mol. The summed E-state index contributed by atoms with van der Waals surface area (Å²) < 4.78 is 26.3. The minimum atomic E-state index is -0.481. The molecule has 1 unspecified atom stereocenters. The fourth-order valence-corrected chi connectivity index (χ4v) is 4.45. The number of methoxy groups -OCH3 is 2. The summed E-state index contributed by atoms with van der Waals surface area (Å²) >= 11 is 0. The van der Waals surface area contributed by atoms with Crippen LogP contribution >= 0.6 is 0 Å². The van der Waals surface area contributed by atoms with Crippen molar-refractivity contribution in [3.05, 3.63) is 82.9 Å². The van der Waals surface area contributed by atoms with Gasteiger partial charge in [0.1, 0.15) is 17.7 Å². The second kappa shape index (κ2) is 10.8. The van der Waals surface area contributed by atoms with Crippen LogP contribution in [-0.4, -0.2) is 29.7 Å². The highest BCUT2D eigenvalue weighted by Gasteiger charge is 2.26. The first-order valence-electron chi connectivity index (χ1n) is 12.1. The smallest absolute Gasteiger partial charge is 0.247 e. The van der Waals surface area contributed by atoms with E-state index in [4.69, 9.17) is 14.5 Å². The molecular formula is C29H32FN3O3. The van der Waals surface area contributed by atoms with E-state index in [9.17, 15) is 9.18 Å². The lowest BCUT2D eigenvalue weighted by molar-refractivity contribution is -0.119. The lowest BCUT2D eigenvalue weighted by atomic mass is 10.1. The standard InChI is InChI=1S/C29H32FN3O3/c1-6-7-24(29(34)31-22-12-13-26(35-4)27(17-22)36-5)33-25-15-19(3)18(2)14-23(25)32-28(33)16-20-8-10-21(30)11-9-20/h8-15,17,24H,6-7,16H2,1-5H3,(H,31,34). The number of nitrogens with one attached hydrogen (secondary N) is 1. The van der Waals surface area contributed by atoms with Gasteiger partial charge in [0.15, 0.2) is 11.5 Å². The summed E-state index contributed by atoms with van der Waals surface area (Å²) in [6, 6.07) is 15.4. The van der Waals surface area contributed by atoms with E-state index in [0.29, 0.717) is 30.0 Å². The van der Waals surface area contributed by atoms with Gasteiger partial charge in [-0.2, -0.15) is 0 Å². The lowest BCUT2D eigenvalue weighted by Crippen LogP contribution is -2.27. The summed E-state index contributed by atoms with van der Waals surface area (Å²) in [4.78, 5) is 18.6. The summed E-state index contributed by atoms with van der Waals surface area (Å²) in [7, 11) is 3.14. The monoisotopic (exact) mass is 489 g/mol. The van der Waals surface area contributed by atoms with Crippen molar-refractivity contribution in [3.8, 4) is 11.5 Å². The number of halogens is 1. The summed E-state index contributed by atoms with van der Waals surface area (Å²) in [5, 5.41) is 3.06. The number of amides is 1. The van der Waals surface area contributed by atoms with Crippen molar-refractivity contribution in [1.82, 2.24) is 9.55 Å². The van der Waals surface area contributed by atoms with Crippen molar-refractivity contribution in [2.45, 2.75) is 46.1 Å². The molecule has 0 aliphatic rings. The van der Waals surface area contributed by atoms with Crippen LogP contribution in [0.3, 0.4) is 0 Å². The van der Waals surface area contributed by atoms with Crippen molar-refractivity contribution in [2.24, 2.45) is 0 Å². The number of benzene rings is 3. The molecule has 1 amide bonds. The largest absolute Gasteiger partial charge is 0.493 e. The maximum Gasteiger partial charge on any atom is 0.247 e. The molecule has 0 saturated carbocycles. The zero-order valence-electron chi connectivity index (χ0n) is 21.4. The van der Waals surface area contributed by atoms with Gasteiger partial charge in [-0.1, -0.05) is 25.5 Å². The Kier molecular flexibility index (Phi) is 7.58. The molecule has 1 aromatic heterocycles. The predicted octanol–water partition coefficient (Wildman–Crippen LogP) is 6.38. The summed E-state index contributed by atoms with van der Waals surface area (Å²) in [6.07, 6.45) is 1.93. The Morgan fingerprint density at radius 3 is 2.36 bits per heavy atom. The molecule has 0 radical (unpaired) electrons. The van der Waals surface area contributed by atoms with Gasteiger partial charge >= 0.3 is 0 Å². The molecule has 188 valence electrons. The normalized spacial score (nSPS) is 11.9. The third kappa shape index (κ3) is 5.20. The molecule has 0 aliphatic heterocycles. The average molecular weight is 490 g/mol. The summed E-state index contributed by atoms with van der Waals surface area (Å²) in [5.41, 5.74) is 5.58. The first-order valence-corrected chi connectivity index (χ1v) is 12.1. The fourth-order valence-electron chi connectivity index (χ4n) is 4.45. The van der Waals surface area contributed by atoms with Crippen molar-refractivity contribution < 1.29 is 18.7 Å². The SMILES string of the molecule is CCCC(C(=O)Nc1ccc(OC)c(OC)c1)n1c(Cc2ccc(F)cc2)nc2cc(C)c(C)cc21. The van der Waals surface area contributed by atoms with Crippen molar-refractivity contribution in [3.63, 3.8) is 0 Å². The minimum Gasteiger partial charge on any atom is -0.493 e. The van der Waals surface area contributed by atoms with Gasteiger partial charge in [-0.25, -0.2) is 9.37 Å².